The van der Waals surface area contributed by atoms with Gasteiger partial charge in [-0.15, -0.1) is 0 Å². The number of benzene rings is 1. The lowest BCUT2D eigenvalue weighted by atomic mass is 10.1. The molecule has 0 atom stereocenters. The molecule has 4 nitrogen and oxygen atoms in total. The smallest absolute Gasteiger partial charge is 0.264 e. The van der Waals surface area contributed by atoms with Crippen LogP contribution in [0.25, 0.3) is 6.08 Å². The number of hydrogen-bond acceptors (Lipinski definition) is 4. The molecule has 0 radical (unpaired) electrons. The summed E-state index contributed by atoms with van der Waals surface area (Å²) in [5.41, 5.74) is 3.12. The van der Waals surface area contributed by atoms with Crippen molar-refractivity contribution in [3.05, 3.63) is 56.8 Å². The van der Waals surface area contributed by atoms with Crippen molar-refractivity contribution in [2.45, 2.75) is 13.8 Å². The Morgan fingerprint density at radius 1 is 1.23 bits per heavy atom. The van der Waals surface area contributed by atoms with Crippen LogP contribution in [0.2, 0.25) is 0 Å². The van der Waals surface area contributed by atoms with Gasteiger partial charge < -0.3 is 9.73 Å². The lowest BCUT2D eigenvalue weighted by Gasteiger charge is -2.00. The van der Waals surface area contributed by atoms with Crippen molar-refractivity contribution in [1.82, 2.24) is 5.32 Å². The van der Waals surface area contributed by atoms with Gasteiger partial charge in [-0.3, -0.25) is 4.79 Å². The van der Waals surface area contributed by atoms with E-state index in [1.807, 2.05) is 26.0 Å². The number of thioether (sulfide) groups is 1. The number of nitrogens with one attached hydrogen (secondary N) is 1. The van der Waals surface area contributed by atoms with Gasteiger partial charge >= 0.3 is 0 Å². The molecule has 1 aliphatic heterocycles. The highest BCUT2D eigenvalue weighted by molar-refractivity contribution is 9.10. The fraction of sp³-hybridized carbons (Fsp3) is 0.125. The largest absolute Gasteiger partial charge is 0.450 e. The number of rotatable bonds is 2. The summed E-state index contributed by atoms with van der Waals surface area (Å²) in [6, 6.07) is 9.64. The molecule has 6 heteroatoms. The molecule has 0 saturated carbocycles. The van der Waals surface area contributed by atoms with Crippen LogP contribution in [0.3, 0.4) is 0 Å². The molecule has 1 amide bonds. The average Bonchev–Trinajstić information content (AvgIpc) is 2.95. The van der Waals surface area contributed by atoms with Crippen LogP contribution in [-0.4, -0.2) is 11.1 Å². The first kappa shape index (κ1) is 15.1. The molecule has 1 aromatic heterocycles. The minimum atomic E-state index is -0.166. The second-order valence-electron chi connectivity index (χ2n) is 4.97. The number of aliphatic imine (C=N–C) groups is 1. The summed E-state index contributed by atoms with van der Waals surface area (Å²) in [5.74, 6) is 0.456. The van der Waals surface area contributed by atoms with Gasteiger partial charge in [0.05, 0.1) is 10.6 Å². The van der Waals surface area contributed by atoms with E-state index in [4.69, 9.17) is 4.42 Å². The number of amides is 1. The van der Waals surface area contributed by atoms with Crippen molar-refractivity contribution in [2.24, 2.45) is 4.99 Å². The van der Waals surface area contributed by atoms with Crippen molar-refractivity contribution in [2.75, 3.05) is 0 Å². The van der Waals surface area contributed by atoms with Gasteiger partial charge in [-0.1, -0.05) is 6.07 Å². The minimum Gasteiger partial charge on any atom is -0.450 e. The second-order valence-corrected chi connectivity index (χ2v) is 6.78. The lowest BCUT2D eigenvalue weighted by molar-refractivity contribution is -0.115. The topological polar surface area (TPSA) is 54.6 Å². The Balaban J connectivity index is 1.85. The summed E-state index contributed by atoms with van der Waals surface area (Å²) in [5, 5.41) is 3.35. The molecule has 22 heavy (non-hydrogen) atoms. The predicted molar refractivity (Wildman–Crippen MR) is 93.1 cm³/mol. The zero-order valence-corrected chi connectivity index (χ0v) is 14.4. The Labute approximate surface area is 140 Å². The number of furan rings is 1. The van der Waals surface area contributed by atoms with E-state index in [1.54, 1.807) is 18.2 Å². The van der Waals surface area contributed by atoms with Gasteiger partial charge in [0.2, 0.25) is 0 Å². The molecular formula is C16H13BrN2O2S. The fourth-order valence-electron chi connectivity index (χ4n) is 2.15. The van der Waals surface area contributed by atoms with E-state index in [2.05, 4.69) is 32.3 Å². The Morgan fingerprint density at radius 2 is 1.95 bits per heavy atom. The standard InChI is InChI=1S/C16H13BrN2O2S/c1-9-5-10(2)7-11(6-9)18-16-19-15(20)13(22-16)8-12-3-4-14(17)21-12/h3-8H,1-2H3,(H,18,19,20)/b13-8-. The molecule has 1 N–H and O–H groups in total. The molecule has 0 bridgehead atoms. The van der Waals surface area contributed by atoms with E-state index >= 15 is 0 Å². The molecule has 2 aromatic rings. The Morgan fingerprint density at radius 3 is 2.59 bits per heavy atom. The third kappa shape index (κ3) is 3.51. The molecule has 0 unspecified atom stereocenters. The van der Waals surface area contributed by atoms with Crippen LogP contribution in [0, 0.1) is 13.8 Å². The molecule has 1 aliphatic rings. The van der Waals surface area contributed by atoms with Crippen LogP contribution in [0.15, 0.2) is 49.3 Å². The minimum absolute atomic E-state index is 0.166. The first-order valence-electron chi connectivity index (χ1n) is 6.63. The summed E-state index contributed by atoms with van der Waals surface area (Å²) >= 11 is 4.54. The zero-order valence-electron chi connectivity index (χ0n) is 12.0. The normalized spacial score (nSPS) is 18.2. The van der Waals surface area contributed by atoms with Gasteiger partial charge in [-0.2, -0.15) is 0 Å². The van der Waals surface area contributed by atoms with E-state index in [0.29, 0.717) is 20.5 Å². The summed E-state index contributed by atoms with van der Waals surface area (Å²) in [6.07, 6.45) is 1.70. The average molecular weight is 377 g/mol. The van der Waals surface area contributed by atoms with Crippen LogP contribution in [0.1, 0.15) is 16.9 Å². The molecule has 0 spiro atoms. The summed E-state index contributed by atoms with van der Waals surface area (Å²) < 4.78 is 6.02. The number of halogens is 1. The van der Waals surface area contributed by atoms with E-state index in [0.717, 1.165) is 16.8 Å². The predicted octanol–water partition coefficient (Wildman–Crippen LogP) is 4.55. The van der Waals surface area contributed by atoms with Crippen molar-refractivity contribution < 1.29 is 9.21 Å². The van der Waals surface area contributed by atoms with Crippen LogP contribution in [0.5, 0.6) is 0 Å². The molecule has 1 fully saturated rings. The maximum Gasteiger partial charge on any atom is 0.264 e. The first-order chi connectivity index (χ1) is 10.5. The summed E-state index contributed by atoms with van der Waals surface area (Å²) in [6.45, 7) is 4.05. The summed E-state index contributed by atoms with van der Waals surface area (Å²) in [4.78, 5) is 17.0. The van der Waals surface area contributed by atoms with Gasteiger partial charge in [-0.05, 0) is 76.9 Å². The monoisotopic (exact) mass is 376 g/mol. The fourth-order valence-corrected chi connectivity index (χ4v) is 3.29. The molecular weight excluding hydrogens is 364 g/mol. The number of carbonyl (C=O) groups excluding carboxylic acids is 1. The van der Waals surface area contributed by atoms with E-state index in [-0.39, 0.29) is 5.91 Å². The second kappa shape index (κ2) is 6.14. The lowest BCUT2D eigenvalue weighted by Crippen LogP contribution is -2.19. The van der Waals surface area contributed by atoms with Crippen molar-refractivity contribution in [1.29, 1.82) is 0 Å². The SMILES string of the molecule is Cc1cc(C)cc(N=C2NC(=O)/C(=C/c3ccc(Br)o3)S2)c1. The maximum absolute atomic E-state index is 12.0. The van der Waals surface area contributed by atoms with Crippen LogP contribution in [0.4, 0.5) is 5.69 Å². The molecule has 1 saturated heterocycles. The number of hydrogen-bond donors (Lipinski definition) is 1. The van der Waals surface area contributed by atoms with Crippen molar-refractivity contribution in [3.63, 3.8) is 0 Å². The number of nitrogens with zero attached hydrogens (tertiary/aromatic N) is 1. The summed E-state index contributed by atoms with van der Waals surface area (Å²) in [7, 11) is 0. The molecule has 2 heterocycles. The van der Waals surface area contributed by atoms with Gasteiger partial charge in [0.25, 0.3) is 5.91 Å². The molecule has 3 rings (SSSR count). The quantitative estimate of drug-likeness (QED) is 0.782. The molecule has 1 aromatic carbocycles. The van der Waals surface area contributed by atoms with Crippen molar-refractivity contribution in [3.8, 4) is 0 Å². The van der Waals surface area contributed by atoms with E-state index in [1.165, 1.54) is 11.8 Å². The number of amidine groups is 1. The van der Waals surface area contributed by atoms with Crippen LogP contribution in [-0.2, 0) is 4.79 Å². The van der Waals surface area contributed by atoms with Crippen LogP contribution >= 0.6 is 27.7 Å². The van der Waals surface area contributed by atoms with Crippen LogP contribution < -0.4 is 5.32 Å². The Kier molecular flexibility index (Phi) is 4.22. The van der Waals surface area contributed by atoms with Gasteiger partial charge in [0, 0.05) is 6.08 Å². The number of carbonyl (C=O) groups is 1. The first-order valence-corrected chi connectivity index (χ1v) is 8.24. The highest BCUT2D eigenvalue weighted by atomic mass is 79.9. The van der Waals surface area contributed by atoms with Gasteiger partial charge in [0.15, 0.2) is 9.84 Å². The zero-order chi connectivity index (χ0) is 15.7. The van der Waals surface area contributed by atoms with E-state index < -0.39 is 0 Å². The third-order valence-corrected chi connectivity index (χ3v) is 4.29. The van der Waals surface area contributed by atoms with E-state index in [9.17, 15) is 4.79 Å². The molecule has 112 valence electrons. The number of aryl methyl sites for hydroxylation is 2. The Bertz CT molecular complexity index is 788. The Hall–Kier alpha value is -1.79. The highest BCUT2D eigenvalue weighted by Gasteiger charge is 2.24. The maximum atomic E-state index is 12.0. The third-order valence-electron chi connectivity index (χ3n) is 2.96. The highest BCUT2D eigenvalue weighted by Crippen LogP contribution is 2.29. The molecule has 0 aliphatic carbocycles. The van der Waals surface area contributed by atoms with Gasteiger partial charge in [-0.25, -0.2) is 4.99 Å². The van der Waals surface area contributed by atoms with Crippen molar-refractivity contribution >= 4 is 50.5 Å². The van der Waals surface area contributed by atoms with Gasteiger partial charge in [0.1, 0.15) is 5.76 Å².